The highest BCUT2D eigenvalue weighted by Crippen LogP contribution is 2.31. The number of nitrogens with one attached hydrogen (secondary N) is 1. The summed E-state index contributed by atoms with van der Waals surface area (Å²) < 4.78 is 6.01. The summed E-state index contributed by atoms with van der Waals surface area (Å²) in [7, 11) is 1.91. The van der Waals surface area contributed by atoms with E-state index < -0.39 is 0 Å². The molecule has 0 saturated carbocycles. The van der Waals surface area contributed by atoms with E-state index in [0.29, 0.717) is 0 Å². The van der Waals surface area contributed by atoms with Gasteiger partial charge in [0.1, 0.15) is 4.34 Å². The van der Waals surface area contributed by atoms with Gasteiger partial charge in [0, 0.05) is 13.0 Å². The van der Waals surface area contributed by atoms with Gasteiger partial charge in [-0.2, -0.15) is 0 Å². The molecule has 0 saturated heterocycles. The molecule has 0 unspecified atom stereocenters. The van der Waals surface area contributed by atoms with Gasteiger partial charge in [-0.25, -0.2) is 4.98 Å². The molecule has 0 aliphatic rings. The number of hydrogen-bond donors (Lipinski definition) is 1. The predicted octanol–water partition coefficient (Wildman–Crippen LogP) is 2.82. The van der Waals surface area contributed by atoms with Crippen LogP contribution >= 0.6 is 22.9 Å². The maximum absolute atomic E-state index is 6.08. The maximum atomic E-state index is 6.08. The normalized spacial score (nSPS) is 10.8. The fourth-order valence-electron chi connectivity index (χ4n) is 1.24. The average Bonchev–Trinajstić information content (AvgIpc) is 2.83. The summed E-state index contributed by atoms with van der Waals surface area (Å²) in [6.07, 6.45) is 2.48. The Morgan fingerprint density at radius 3 is 3.13 bits per heavy atom. The van der Waals surface area contributed by atoms with E-state index in [2.05, 4.69) is 10.3 Å². The highest BCUT2D eigenvalue weighted by Gasteiger charge is 2.11. The molecule has 0 fully saturated rings. The van der Waals surface area contributed by atoms with Crippen molar-refractivity contribution in [2.45, 2.75) is 6.42 Å². The lowest BCUT2D eigenvalue weighted by atomic mass is 10.3. The Labute approximate surface area is 97.1 Å². The third-order valence-corrected chi connectivity index (χ3v) is 3.34. The highest BCUT2D eigenvalue weighted by atomic mass is 35.5. The van der Waals surface area contributed by atoms with Crippen LogP contribution in [0.1, 0.15) is 5.69 Å². The number of aromatic nitrogens is 1. The molecule has 0 aromatic carbocycles. The lowest BCUT2D eigenvalue weighted by Gasteiger charge is -1.94. The molecular formula is C10H11ClN2OS. The Kier molecular flexibility index (Phi) is 3.41. The van der Waals surface area contributed by atoms with Gasteiger partial charge < -0.3 is 9.73 Å². The molecular weight excluding hydrogens is 232 g/mol. The summed E-state index contributed by atoms with van der Waals surface area (Å²) in [6.45, 7) is 0.876. The Balaban J connectivity index is 2.21. The van der Waals surface area contributed by atoms with Gasteiger partial charge in [0.2, 0.25) is 0 Å². The minimum Gasteiger partial charge on any atom is -0.462 e. The van der Waals surface area contributed by atoms with Crippen molar-refractivity contribution < 1.29 is 4.42 Å². The Bertz CT molecular complexity index is 425. The molecule has 0 bridgehead atoms. The average molecular weight is 243 g/mol. The highest BCUT2D eigenvalue weighted by molar-refractivity contribution is 7.19. The number of nitrogens with zero attached hydrogens (tertiary/aromatic N) is 1. The minimum absolute atomic E-state index is 0.747. The van der Waals surface area contributed by atoms with Crippen molar-refractivity contribution >= 4 is 22.9 Å². The lowest BCUT2D eigenvalue weighted by Crippen LogP contribution is -2.10. The molecule has 0 atom stereocenters. The zero-order chi connectivity index (χ0) is 10.7. The van der Waals surface area contributed by atoms with Crippen LogP contribution in [0.4, 0.5) is 0 Å². The fraction of sp³-hybridized carbons (Fsp3) is 0.300. The summed E-state index contributed by atoms with van der Waals surface area (Å²) in [5, 5.41) is 3.91. The van der Waals surface area contributed by atoms with E-state index in [1.807, 2.05) is 19.2 Å². The zero-order valence-electron chi connectivity index (χ0n) is 8.29. The van der Waals surface area contributed by atoms with Crippen LogP contribution < -0.4 is 5.32 Å². The molecule has 2 aromatic heterocycles. The van der Waals surface area contributed by atoms with Crippen molar-refractivity contribution in [1.82, 2.24) is 10.3 Å². The standard InChI is InChI=1S/C10H11ClN2OS/c1-12-5-4-7-9(11)15-10(13-7)8-3-2-6-14-8/h2-3,6,12H,4-5H2,1H3. The minimum atomic E-state index is 0.747. The first-order chi connectivity index (χ1) is 7.31. The van der Waals surface area contributed by atoms with E-state index in [0.717, 1.165) is 33.8 Å². The van der Waals surface area contributed by atoms with Crippen LogP contribution in [0, 0.1) is 0 Å². The molecule has 2 aromatic rings. The van der Waals surface area contributed by atoms with Crippen LogP contribution in [0.2, 0.25) is 4.34 Å². The monoisotopic (exact) mass is 242 g/mol. The smallest absolute Gasteiger partial charge is 0.162 e. The fourth-order valence-corrected chi connectivity index (χ4v) is 2.40. The SMILES string of the molecule is CNCCc1nc(-c2ccco2)sc1Cl. The van der Waals surface area contributed by atoms with E-state index in [9.17, 15) is 0 Å². The molecule has 2 heterocycles. The van der Waals surface area contributed by atoms with Crippen LogP contribution in [0.25, 0.3) is 10.8 Å². The molecule has 5 heteroatoms. The van der Waals surface area contributed by atoms with Crippen molar-refractivity contribution in [3.8, 4) is 10.8 Å². The second-order valence-corrected chi connectivity index (χ2v) is 4.67. The van der Waals surface area contributed by atoms with Crippen LogP contribution in [0.15, 0.2) is 22.8 Å². The van der Waals surface area contributed by atoms with Crippen molar-refractivity contribution in [1.29, 1.82) is 0 Å². The summed E-state index contributed by atoms with van der Waals surface area (Å²) in [5.41, 5.74) is 0.933. The summed E-state index contributed by atoms with van der Waals surface area (Å²) in [6, 6.07) is 3.73. The lowest BCUT2D eigenvalue weighted by molar-refractivity contribution is 0.581. The summed E-state index contributed by atoms with van der Waals surface area (Å²) >= 11 is 7.54. The molecule has 1 N–H and O–H groups in total. The van der Waals surface area contributed by atoms with E-state index in [1.54, 1.807) is 6.26 Å². The van der Waals surface area contributed by atoms with Gasteiger partial charge in [0.25, 0.3) is 0 Å². The van der Waals surface area contributed by atoms with Crippen molar-refractivity contribution in [2.24, 2.45) is 0 Å². The number of halogens is 1. The topological polar surface area (TPSA) is 38.1 Å². The maximum Gasteiger partial charge on any atom is 0.162 e. The Morgan fingerprint density at radius 2 is 2.47 bits per heavy atom. The van der Waals surface area contributed by atoms with Gasteiger partial charge in [-0.1, -0.05) is 22.9 Å². The van der Waals surface area contributed by atoms with Gasteiger partial charge in [-0.05, 0) is 19.2 Å². The largest absolute Gasteiger partial charge is 0.462 e. The van der Waals surface area contributed by atoms with Gasteiger partial charge in [0.05, 0.1) is 12.0 Å². The van der Waals surface area contributed by atoms with Crippen LogP contribution in [-0.2, 0) is 6.42 Å². The zero-order valence-corrected chi connectivity index (χ0v) is 9.86. The number of hydrogen-bond acceptors (Lipinski definition) is 4. The van der Waals surface area contributed by atoms with E-state index in [-0.39, 0.29) is 0 Å². The van der Waals surface area contributed by atoms with Gasteiger partial charge in [-0.15, -0.1) is 0 Å². The Hall–Kier alpha value is -0.840. The predicted molar refractivity (Wildman–Crippen MR) is 62.5 cm³/mol. The molecule has 15 heavy (non-hydrogen) atoms. The first-order valence-corrected chi connectivity index (χ1v) is 5.84. The van der Waals surface area contributed by atoms with Crippen LogP contribution in [0.3, 0.4) is 0 Å². The van der Waals surface area contributed by atoms with Crippen LogP contribution in [0.5, 0.6) is 0 Å². The first-order valence-electron chi connectivity index (χ1n) is 4.65. The third-order valence-electron chi connectivity index (χ3n) is 1.99. The molecule has 0 spiro atoms. The van der Waals surface area contributed by atoms with E-state index >= 15 is 0 Å². The second-order valence-electron chi connectivity index (χ2n) is 3.07. The summed E-state index contributed by atoms with van der Waals surface area (Å²) in [4.78, 5) is 4.44. The number of rotatable bonds is 4. The molecule has 80 valence electrons. The number of likely N-dealkylation sites (N-methyl/N-ethyl adjacent to an activating group) is 1. The van der Waals surface area contributed by atoms with Crippen LogP contribution in [-0.4, -0.2) is 18.6 Å². The van der Waals surface area contributed by atoms with Crippen molar-refractivity contribution in [2.75, 3.05) is 13.6 Å². The third kappa shape index (κ3) is 2.40. The molecule has 0 amide bonds. The summed E-state index contributed by atoms with van der Waals surface area (Å²) in [5.74, 6) is 0.776. The van der Waals surface area contributed by atoms with Crippen molar-refractivity contribution in [3.05, 3.63) is 28.4 Å². The molecule has 0 aliphatic carbocycles. The van der Waals surface area contributed by atoms with E-state index in [4.69, 9.17) is 16.0 Å². The Morgan fingerprint density at radius 1 is 1.60 bits per heavy atom. The van der Waals surface area contributed by atoms with Gasteiger partial charge in [0.15, 0.2) is 10.8 Å². The van der Waals surface area contributed by atoms with E-state index in [1.165, 1.54) is 11.3 Å². The van der Waals surface area contributed by atoms with Gasteiger partial charge >= 0.3 is 0 Å². The quantitative estimate of drug-likeness (QED) is 0.896. The molecule has 0 radical (unpaired) electrons. The van der Waals surface area contributed by atoms with Gasteiger partial charge in [-0.3, -0.25) is 0 Å². The molecule has 2 rings (SSSR count). The number of furan rings is 1. The van der Waals surface area contributed by atoms with Crippen molar-refractivity contribution in [3.63, 3.8) is 0 Å². The molecule has 0 aliphatic heterocycles. The molecule has 3 nitrogen and oxygen atoms in total. The number of thiazole rings is 1. The second kappa shape index (κ2) is 4.79. The first kappa shape index (κ1) is 10.7.